The summed E-state index contributed by atoms with van der Waals surface area (Å²) in [6, 6.07) is 20.8. The van der Waals surface area contributed by atoms with Gasteiger partial charge in [0, 0.05) is 155 Å². The van der Waals surface area contributed by atoms with Gasteiger partial charge in [0.2, 0.25) is 0 Å². The number of fused-ring (bicyclic) bond motifs is 1. The number of nitro benzene ring substituents is 3. The molecule has 46 heteroatoms. The number of hydrogen-bond acceptors (Lipinski definition) is 30. The van der Waals surface area contributed by atoms with Crippen molar-refractivity contribution in [2.75, 3.05) is 72.0 Å². The number of imidazole rings is 1. The molecule has 12 aromatic rings. The number of nitrogens with one attached hydrogen (secondary N) is 5. The molecule has 0 aliphatic carbocycles. The van der Waals surface area contributed by atoms with Crippen LogP contribution in [0.4, 0.5) is 67.0 Å². The van der Waals surface area contributed by atoms with Crippen LogP contribution in [0.1, 0.15) is 90.0 Å². The van der Waals surface area contributed by atoms with Crippen LogP contribution in [0.25, 0.3) is 50.2 Å². The third-order valence-electron chi connectivity index (χ3n) is 20.9. The Balaban J connectivity index is 0.000000168. The number of carbonyl (C=O) groups is 2. The molecule has 16 rings (SSSR count). The summed E-state index contributed by atoms with van der Waals surface area (Å²) in [5.74, 6) is 4.02. The fourth-order valence-electron chi connectivity index (χ4n) is 13.6. The van der Waals surface area contributed by atoms with Gasteiger partial charge in [0.25, 0.3) is 17.1 Å². The average molecular weight is 2030 g/mol. The van der Waals surface area contributed by atoms with E-state index in [1.165, 1.54) is 42.7 Å². The van der Waals surface area contributed by atoms with Crippen LogP contribution >= 0.6 is 45.4 Å². The van der Waals surface area contributed by atoms with Gasteiger partial charge in [-0.05, 0) is 147 Å². The number of rotatable bonds is 16. The van der Waals surface area contributed by atoms with E-state index in [0.29, 0.717) is 82.4 Å². The fraction of sp³-hybridized carbons (Fsp3) is 0.400. The van der Waals surface area contributed by atoms with Crippen molar-refractivity contribution in [1.29, 1.82) is 0 Å². The Bertz CT molecular complexity index is 5930. The molecule has 12 heterocycles. The number of nitrogens with zero attached hydrogens (tertiary/aromatic N) is 21. The van der Waals surface area contributed by atoms with Gasteiger partial charge in [-0.1, -0.05) is 66.5 Å². The van der Waals surface area contributed by atoms with E-state index in [4.69, 9.17) is 64.7 Å². The number of halogens is 4. The summed E-state index contributed by atoms with van der Waals surface area (Å²) in [4.78, 5) is 91.7. The van der Waals surface area contributed by atoms with Crippen LogP contribution in [0, 0.1) is 48.1 Å². The molecule has 6 atom stereocenters. The molecule has 40 nitrogen and oxygen atoms in total. The molecular weight excluding hydrogens is 1920 g/mol. The number of nitrogens with two attached hydrogens (primary N) is 2. The monoisotopic (exact) mass is 2030 g/mol. The van der Waals surface area contributed by atoms with Crippen LogP contribution in [0.15, 0.2) is 170 Å². The number of carbonyl (C=O) groups excluding carboxylic acids is 2. The van der Waals surface area contributed by atoms with E-state index in [1.807, 2.05) is 118 Å². The molecule has 8 aromatic heterocycles. The van der Waals surface area contributed by atoms with Crippen molar-refractivity contribution in [3.8, 4) is 39.2 Å². The molecule has 0 bridgehead atoms. The molecule has 4 aliphatic rings. The number of nitrogen functional groups attached to an aromatic ring is 2. The van der Waals surface area contributed by atoms with Gasteiger partial charge in [0.1, 0.15) is 57.2 Å². The second kappa shape index (κ2) is 44.3. The van der Waals surface area contributed by atoms with Gasteiger partial charge >= 0.3 is 59.6 Å². The van der Waals surface area contributed by atoms with Crippen LogP contribution in [-0.2, 0) is 47.0 Å². The van der Waals surface area contributed by atoms with Crippen molar-refractivity contribution >= 4 is 156 Å². The second-order valence-corrected chi connectivity index (χ2v) is 49.1. The van der Waals surface area contributed by atoms with E-state index >= 15 is 0 Å². The molecule has 0 saturated carbocycles. The van der Waals surface area contributed by atoms with E-state index in [0.717, 1.165) is 69.0 Å². The second-order valence-electron chi connectivity index (χ2n) is 34.6. The van der Waals surface area contributed by atoms with E-state index in [1.54, 1.807) is 129 Å². The first-order chi connectivity index (χ1) is 61.6. The maximum absolute atomic E-state index is 12.4. The van der Waals surface area contributed by atoms with Crippen molar-refractivity contribution in [2.24, 2.45) is 45.9 Å². The third-order valence-corrected chi connectivity index (χ3v) is 21.6. The molecule has 2 amide bonds. The minimum atomic E-state index is -1.69. The van der Waals surface area contributed by atoms with Crippen LogP contribution in [0.2, 0.25) is 10.1 Å². The number of amides is 2. The summed E-state index contributed by atoms with van der Waals surface area (Å²) in [5, 5.41) is 66.1. The summed E-state index contributed by atoms with van der Waals surface area (Å²) in [6.07, 6.45) is 25.3. The van der Waals surface area contributed by atoms with Gasteiger partial charge in [-0.15, -0.1) is 0 Å². The molecule has 131 heavy (non-hydrogen) atoms. The van der Waals surface area contributed by atoms with E-state index in [2.05, 4.69) is 125 Å². The van der Waals surface area contributed by atoms with Crippen molar-refractivity contribution in [3.63, 3.8) is 0 Å². The molecule has 9 N–H and O–H groups in total. The standard InChI is InChI=1S/C24H30N8O4.C20H22N8.C14H21ClN4O2.C10H17BN2O2.C10H10N4O2.C6H5BrN2O2.CH3.2ClH.Sn.H/c1-15-12-31(23(33)36-24(2,3)4)14-19(15)28-22-11-25-10-21(29-22)27-18-7-6-16(8-20(18)32(34)35)17-9-26-30(5)13-17;1-13-6-21-8-17(13)25-19-9-22-10-20(26-19)28-12-23-16-5-14(3-4-18(16)28)15-7-24-27(2)11-15;1-9-7-19(13(20)21-14(2,3)4)8-10(9)17-12-6-16-5-11(15)18-12;1-9(2)10(3,4)15-11(14-9)8-6-12-13(5)7-8;1-13-6-8(5-12-13)7-2-3-9(11)10(4-7)14(15)16;7-4-1-2-5(8)6(3-4)9(10)11;;;;;/h6-11,13,15,19H,12,14H2,1-5H3,(H2,27,28,29);3-5,7,9-13,17,21H,6,8H2,1-2H3,(H,25,26);5-6,9-10H,7-8H2,1-4H3,(H,17,18);6-7H,1-5H3;2-6H,11H2,1H3;1-3H,8H2;1H3;2*1H;;/q;;;;;;;;;+2;/p-2/t15-,19+;13-,17+;9-,10+;;;;;;;;/m111......../s1. The Morgan fingerprint density at radius 2 is 0.985 bits per heavy atom. The predicted molar refractivity (Wildman–Crippen MR) is 513 cm³/mol. The predicted octanol–water partition coefficient (Wildman–Crippen LogP) is 14.8. The number of benzene rings is 4. The summed E-state index contributed by atoms with van der Waals surface area (Å²) in [6.45, 7) is 29.9. The van der Waals surface area contributed by atoms with E-state index < -0.39 is 43.5 Å². The number of nitro groups is 3. The van der Waals surface area contributed by atoms with Crippen LogP contribution in [0.5, 0.6) is 0 Å². The maximum atomic E-state index is 12.4. The van der Waals surface area contributed by atoms with Crippen LogP contribution in [-0.4, -0.2) is 220 Å². The molecule has 4 aliphatic heterocycles. The van der Waals surface area contributed by atoms with E-state index in [-0.39, 0.29) is 76.9 Å². The summed E-state index contributed by atoms with van der Waals surface area (Å²) < 4.78 is 32.1. The minimum absolute atomic E-state index is 0.0461. The van der Waals surface area contributed by atoms with Crippen molar-refractivity contribution in [3.05, 3.63) is 206 Å². The van der Waals surface area contributed by atoms with Crippen molar-refractivity contribution in [1.82, 2.24) is 93.7 Å². The zero-order valence-electron chi connectivity index (χ0n) is 75.9. The Hall–Kier alpha value is -11.9. The SMILES string of the molecule is C[C@@H]1CN(C(=O)OC(C)(C)C)C[C@@H]1Nc1cncc(Cl)n1.C[C@@H]1CN(C(=O)OC(C)(C)C)C[C@@H]1Nc1cncc(Nc2ccc(-c3cnn(C)c3)cc2[N+](=O)[O-])n1.C[C@@H]1CNC[C@@H]1Nc1cncc(-n2cnc3cc(-c4cnn(C)c4)ccc32)n1.Cn1cc(-c2ccc(N)c([N+](=O)[O-])c2)cn1.Cn1cc(B2OC(C)(C)C(C)(C)O2)cn1.Nc1ccc(Br)cc1[N+](=O)[O-].[CH3][SnH]([Cl])[Cl]. The Kier molecular flexibility index (Phi) is 34.2. The summed E-state index contributed by atoms with van der Waals surface area (Å²) in [5.41, 5.74) is 17.7. The zero-order valence-corrected chi connectivity index (χ0v) is 83.1. The number of hydrogen-bond donors (Lipinski definition) is 7. The quantitative estimate of drug-likeness (QED) is 0.0204. The number of aromatic nitrogens is 16. The zero-order chi connectivity index (χ0) is 95.7. The van der Waals surface area contributed by atoms with E-state index in [9.17, 15) is 39.9 Å². The Morgan fingerprint density at radius 3 is 1.45 bits per heavy atom. The van der Waals surface area contributed by atoms with Crippen molar-refractivity contribution < 1.29 is 43.1 Å². The van der Waals surface area contributed by atoms with Gasteiger partial charge < -0.3 is 66.6 Å². The Morgan fingerprint density at radius 1 is 0.550 bits per heavy atom. The molecule has 0 unspecified atom stereocenters. The number of aryl methyl sites for hydroxylation is 4. The first-order valence-corrected chi connectivity index (χ1v) is 54.4. The Labute approximate surface area is 785 Å². The fourth-order valence-corrected chi connectivity index (χ4v) is 14.1. The molecule has 696 valence electrons. The summed E-state index contributed by atoms with van der Waals surface area (Å²) >= 11 is 7.23. The summed E-state index contributed by atoms with van der Waals surface area (Å²) in [7, 11) is 17.6. The number of anilines is 7. The van der Waals surface area contributed by atoms with Crippen LogP contribution < -0.4 is 43.5 Å². The van der Waals surface area contributed by atoms with Gasteiger partial charge in [0.05, 0.1) is 92.8 Å². The third kappa shape index (κ3) is 29.0. The van der Waals surface area contributed by atoms with Gasteiger partial charge in [-0.2, -0.15) is 20.4 Å². The number of likely N-dealkylation sites (tertiary alicyclic amines) is 2. The number of ether oxygens (including phenoxy) is 2. The van der Waals surface area contributed by atoms with Crippen LogP contribution in [0.3, 0.4) is 0 Å². The average Bonchev–Trinajstić information content (AvgIpc) is 1.62. The normalized spacial score (nSPS) is 17.6. The molecule has 0 spiro atoms. The molecule has 4 aromatic carbocycles. The van der Waals surface area contributed by atoms with Crippen molar-refractivity contribution in [2.45, 2.75) is 135 Å². The topological polar surface area (TPSA) is 486 Å². The first-order valence-electron chi connectivity index (χ1n) is 41.6. The van der Waals surface area contributed by atoms with Gasteiger partial charge in [-0.25, -0.2) is 29.5 Å². The first kappa shape index (κ1) is 101. The molecule has 4 fully saturated rings. The van der Waals surface area contributed by atoms with Gasteiger partial charge in [0.15, 0.2) is 11.6 Å². The van der Waals surface area contributed by atoms with Gasteiger partial charge in [-0.3, -0.25) is 68.6 Å². The molecule has 0 radical (unpaired) electrons. The molecular formula is C85H109BBrCl3N28O12Sn. The molecule has 4 saturated heterocycles.